The Bertz CT molecular complexity index is 719. The van der Waals surface area contributed by atoms with E-state index < -0.39 is 0 Å². The van der Waals surface area contributed by atoms with Crippen LogP contribution in [0.25, 0.3) is 11.3 Å². The minimum atomic E-state index is -0.247. The van der Waals surface area contributed by atoms with Crippen molar-refractivity contribution in [1.29, 1.82) is 0 Å². The fraction of sp³-hybridized carbons (Fsp3) is 0.389. The summed E-state index contributed by atoms with van der Waals surface area (Å²) in [5, 5.41) is 12.2. The number of hydrogen-bond acceptors (Lipinski definition) is 3. The zero-order valence-electron chi connectivity index (χ0n) is 14.3. The molecule has 0 saturated heterocycles. The number of H-pyrrole nitrogens is 1. The molecule has 1 aromatic heterocycles. The van der Waals surface area contributed by atoms with E-state index in [-0.39, 0.29) is 17.6 Å². The number of nitrogens with one attached hydrogen (secondary N) is 3. The van der Waals surface area contributed by atoms with Crippen LogP contribution in [-0.2, 0) is 0 Å². The van der Waals surface area contributed by atoms with E-state index in [9.17, 15) is 9.59 Å². The highest BCUT2D eigenvalue weighted by atomic mass is 16.2. The maximum absolute atomic E-state index is 12.1. The summed E-state index contributed by atoms with van der Waals surface area (Å²) < 4.78 is 0. The second-order valence-electron chi connectivity index (χ2n) is 6.36. The van der Waals surface area contributed by atoms with Crippen LogP contribution in [0.3, 0.4) is 0 Å². The lowest BCUT2D eigenvalue weighted by Crippen LogP contribution is -2.36. The molecule has 2 rings (SSSR count). The normalized spacial score (nSPS) is 12.0. The third kappa shape index (κ3) is 5.53. The van der Waals surface area contributed by atoms with Crippen molar-refractivity contribution in [2.75, 3.05) is 5.32 Å². The van der Waals surface area contributed by atoms with Crippen LogP contribution >= 0.6 is 0 Å². The standard InChI is InChI=1S/C18H24N4O2/c1-12(2)7-8-13(3)19-18(24)20-15-6-4-5-14(11-15)16-9-10-17(23)22-21-16/h4-6,9-13H,7-8H2,1-3H3,(H,22,23)(H2,19,20,24)/t13-/m1/s1. The van der Waals surface area contributed by atoms with Crippen molar-refractivity contribution >= 4 is 11.7 Å². The van der Waals surface area contributed by atoms with Gasteiger partial charge in [0, 0.05) is 23.4 Å². The first-order valence-electron chi connectivity index (χ1n) is 8.17. The average molecular weight is 328 g/mol. The number of aromatic amines is 1. The van der Waals surface area contributed by atoms with Gasteiger partial charge < -0.3 is 10.6 Å². The van der Waals surface area contributed by atoms with Crippen LogP contribution in [0.2, 0.25) is 0 Å². The number of rotatable bonds is 6. The number of anilines is 1. The summed E-state index contributed by atoms with van der Waals surface area (Å²) in [4.78, 5) is 23.2. The number of aromatic nitrogens is 2. The predicted molar refractivity (Wildman–Crippen MR) is 96.0 cm³/mol. The number of urea groups is 1. The average Bonchev–Trinajstić information content (AvgIpc) is 2.53. The lowest BCUT2D eigenvalue weighted by molar-refractivity contribution is 0.248. The molecule has 1 heterocycles. The number of carbonyl (C=O) groups is 1. The molecule has 24 heavy (non-hydrogen) atoms. The Labute approximate surface area is 141 Å². The Balaban J connectivity index is 1.97. The van der Waals surface area contributed by atoms with E-state index in [4.69, 9.17) is 0 Å². The molecule has 6 heteroatoms. The molecular weight excluding hydrogens is 304 g/mol. The SMILES string of the molecule is CC(C)CC[C@@H](C)NC(=O)Nc1cccc(-c2ccc(=O)[nH]n2)c1. The van der Waals surface area contributed by atoms with Crippen LogP contribution in [0.1, 0.15) is 33.6 Å². The second kappa shape index (κ2) is 8.29. The topological polar surface area (TPSA) is 86.9 Å². The Morgan fingerprint density at radius 3 is 2.62 bits per heavy atom. The van der Waals surface area contributed by atoms with E-state index in [0.29, 0.717) is 17.3 Å². The van der Waals surface area contributed by atoms with E-state index in [1.807, 2.05) is 31.2 Å². The third-order valence-electron chi connectivity index (χ3n) is 3.65. The largest absolute Gasteiger partial charge is 0.335 e. The molecule has 3 N–H and O–H groups in total. The van der Waals surface area contributed by atoms with Gasteiger partial charge in [-0.2, -0.15) is 5.10 Å². The van der Waals surface area contributed by atoms with Crippen molar-refractivity contribution < 1.29 is 4.79 Å². The Morgan fingerprint density at radius 2 is 1.96 bits per heavy atom. The van der Waals surface area contributed by atoms with Gasteiger partial charge in [-0.3, -0.25) is 4.79 Å². The molecular formula is C18H24N4O2. The second-order valence-corrected chi connectivity index (χ2v) is 6.36. The van der Waals surface area contributed by atoms with E-state index in [2.05, 4.69) is 34.7 Å². The number of benzene rings is 1. The highest BCUT2D eigenvalue weighted by Crippen LogP contribution is 2.19. The van der Waals surface area contributed by atoms with Crippen molar-refractivity contribution in [3.8, 4) is 11.3 Å². The molecule has 128 valence electrons. The first-order chi connectivity index (χ1) is 11.4. The van der Waals surface area contributed by atoms with Gasteiger partial charge in [-0.25, -0.2) is 9.89 Å². The van der Waals surface area contributed by atoms with Crippen molar-refractivity contribution in [3.63, 3.8) is 0 Å². The number of amides is 2. The molecule has 0 spiro atoms. The molecule has 0 aliphatic carbocycles. The fourth-order valence-electron chi connectivity index (χ4n) is 2.31. The Kier molecular flexibility index (Phi) is 6.12. The zero-order chi connectivity index (χ0) is 17.5. The molecule has 1 atom stereocenters. The van der Waals surface area contributed by atoms with Gasteiger partial charge in [0.1, 0.15) is 0 Å². The highest BCUT2D eigenvalue weighted by molar-refractivity contribution is 5.90. The summed E-state index contributed by atoms with van der Waals surface area (Å²) in [5.74, 6) is 0.624. The molecule has 1 aromatic carbocycles. The maximum Gasteiger partial charge on any atom is 0.319 e. The first kappa shape index (κ1) is 17.7. The summed E-state index contributed by atoms with van der Waals surface area (Å²) in [5.41, 5.74) is 1.89. The summed E-state index contributed by atoms with van der Waals surface area (Å²) in [6, 6.07) is 10.3. The third-order valence-corrected chi connectivity index (χ3v) is 3.65. The minimum Gasteiger partial charge on any atom is -0.335 e. The monoisotopic (exact) mass is 328 g/mol. The molecule has 0 aliphatic rings. The summed E-state index contributed by atoms with van der Waals surface area (Å²) in [7, 11) is 0. The van der Waals surface area contributed by atoms with Crippen molar-refractivity contribution in [2.45, 2.75) is 39.7 Å². The lowest BCUT2D eigenvalue weighted by atomic mass is 10.0. The zero-order valence-corrected chi connectivity index (χ0v) is 14.3. The summed E-state index contributed by atoms with van der Waals surface area (Å²) in [6.45, 7) is 6.34. The van der Waals surface area contributed by atoms with E-state index >= 15 is 0 Å². The van der Waals surface area contributed by atoms with Gasteiger partial charge in [0.25, 0.3) is 5.56 Å². The van der Waals surface area contributed by atoms with E-state index in [0.717, 1.165) is 18.4 Å². The first-order valence-corrected chi connectivity index (χ1v) is 8.17. The van der Waals surface area contributed by atoms with Gasteiger partial charge in [-0.15, -0.1) is 0 Å². The van der Waals surface area contributed by atoms with Crippen molar-refractivity contribution in [2.24, 2.45) is 5.92 Å². The van der Waals surface area contributed by atoms with Gasteiger partial charge in [-0.05, 0) is 43.9 Å². The highest BCUT2D eigenvalue weighted by Gasteiger charge is 2.09. The maximum atomic E-state index is 12.1. The van der Waals surface area contributed by atoms with Gasteiger partial charge in [0.2, 0.25) is 0 Å². The van der Waals surface area contributed by atoms with Gasteiger partial charge in [0.05, 0.1) is 5.69 Å². The fourth-order valence-corrected chi connectivity index (χ4v) is 2.31. The quantitative estimate of drug-likeness (QED) is 0.759. The molecule has 0 fully saturated rings. The molecule has 2 amide bonds. The molecule has 0 saturated carbocycles. The van der Waals surface area contributed by atoms with Crippen molar-refractivity contribution in [1.82, 2.24) is 15.5 Å². The molecule has 0 bridgehead atoms. The van der Waals surface area contributed by atoms with Crippen LogP contribution in [0, 0.1) is 5.92 Å². The molecule has 0 radical (unpaired) electrons. The number of nitrogens with zero attached hydrogens (tertiary/aromatic N) is 1. The Morgan fingerprint density at radius 1 is 1.17 bits per heavy atom. The Hall–Kier alpha value is -2.63. The molecule has 0 aliphatic heterocycles. The van der Waals surface area contributed by atoms with E-state index in [1.165, 1.54) is 6.07 Å². The van der Waals surface area contributed by atoms with E-state index in [1.54, 1.807) is 6.07 Å². The molecule has 2 aromatic rings. The van der Waals surface area contributed by atoms with Crippen LogP contribution in [0.5, 0.6) is 0 Å². The van der Waals surface area contributed by atoms with Crippen LogP contribution < -0.4 is 16.2 Å². The van der Waals surface area contributed by atoms with Crippen LogP contribution in [0.4, 0.5) is 10.5 Å². The van der Waals surface area contributed by atoms with Crippen LogP contribution in [-0.4, -0.2) is 22.3 Å². The number of carbonyl (C=O) groups excluding carboxylic acids is 1. The van der Waals surface area contributed by atoms with Gasteiger partial charge in [-0.1, -0.05) is 26.0 Å². The number of hydrogen-bond donors (Lipinski definition) is 3. The van der Waals surface area contributed by atoms with Crippen LogP contribution in [0.15, 0.2) is 41.2 Å². The van der Waals surface area contributed by atoms with Crippen molar-refractivity contribution in [3.05, 3.63) is 46.8 Å². The van der Waals surface area contributed by atoms with Gasteiger partial charge in [0.15, 0.2) is 0 Å². The lowest BCUT2D eigenvalue weighted by Gasteiger charge is -2.16. The molecule has 0 unspecified atom stereocenters. The minimum absolute atomic E-state index is 0.122. The molecule has 6 nitrogen and oxygen atoms in total. The predicted octanol–water partition coefficient (Wildman–Crippen LogP) is 3.38. The summed E-state index contributed by atoms with van der Waals surface area (Å²) in [6.07, 6.45) is 2.03. The van der Waals surface area contributed by atoms with Gasteiger partial charge >= 0.3 is 6.03 Å². The summed E-state index contributed by atoms with van der Waals surface area (Å²) >= 11 is 0. The smallest absolute Gasteiger partial charge is 0.319 e.